The van der Waals surface area contributed by atoms with Crippen LogP contribution in [0.25, 0.3) is 0 Å². The van der Waals surface area contributed by atoms with Crippen molar-refractivity contribution >= 4 is 0 Å². The van der Waals surface area contributed by atoms with E-state index in [9.17, 15) is 0 Å². The summed E-state index contributed by atoms with van der Waals surface area (Å²) in [5.41, 5.74) is 3.05. The van der Waals surface area contributed by atoms with Crippen molar-refractivity contribution in [3.05, 3.63) is 18.1 Å². The molecule has 0 aromatic rings. The van der Waals surface area contributed by atoms with Crippen LogP contribution >= 0.6 is 0 Å². The van der Waals surface area contributed by atoms with Crippen molar-refractivity contribution in [1.29, 1.82) is 0 Å². The molecule has 3 saturated carbocycles. The quantitative estimate of drug-likeness (QED) is 0.499. The average molecular weight is 257 g/mol. The number of fused-ring (bicyclic) bond motifs is 5. The summed E-state index contributed by atoms with van der Waals surface area (Å²) in [5, 5.41) is 0. The Kier molecular flexibility index (Phi) is 2.71. The van der Waals surface area contributed by atoms with E-state index in [1.165, 1.54) is 57.8 Å². The van der Waals surface area contributed by atoms with Crippen LogP contribution in [-0.4, -0.2) is 0 Å². The number of hydrogen-bond acceptors (Lipinski definition) is 0. The van der Waals surface area contributed by atoms with Gasteiger partial charge in [0.2, 0.25) is 0 Å². The zero-order chi connectivity index (χ0) is 13.1. The highest BCUT2D eigenvalue weighted by atomic mass is 14.6. The molecular weight excluding hydrogens is 228 g/mol. The van der Waals surface area contributed by atoms with Crippen LogP contribution < -0.4 is 0 Å². The van der Waals surface area contributed by atoms with Crippen molar-refractivity contribution in [2.45, 2.75) is 71.6 Å². The lowest BCUT2D eigenvalue weighted by molar-refractivity contribution is -0.0264. The maximum Gasteiger partial charge on any atom is -0.00853 e. The lowest BCUT2D eigenvalue weighted by Gasteiger charge is -2.57. The van der Waals surface area contributed by atoms with Crippen molar-refractivity contribution in [3.8, 4) is 0 Å². The molecule has 3 fully saturated rings. The summed E-state index contributed by atoms with van der Waals surface area (Å²) >= 11 is 0. The van der Waals surface area contributed by atoms with Crippen molar-refractivity contribution in [3.63, 3.8) is 0 Å². The van der Waals surface area contributed by atoms with Gasteiger partial charge in [0.05, 0.1) is 0 Å². The van der Waals surface area contributed by atoms with Gasteiger partial charge in [-0.1, -0.05) is 25.5 Å². The van der Waals surface area contributed by atoms with Crippen LogP contribution in [0.1, 0.15) is 71.6 Å². The van der Waals surface area contributed by atoms with Crippen molar-refractivity contribution in [1.82, 2.24) is 0 Å². The second-order valence-corrected chi connectivity index (χ2v) is 8.28. The Morgan fingerprint density at radius 3 is 2.79 bits per heavy atom. The molecule has 1 radical (unpaired) electrons. The number of allylic oxidation sites excluding steroid dienone is 2. The highest BCUT2D eigenvalue weighted by Crippen LogP contribution is 2.64. The first kappa shape index (κ1) is 12.5. The Labute approximate surface area is 119 Å². The topological polar surface area (TPSA) is 0 Å². The Balaban J connectivity index is 1.69. The second-order valence-electron chi connectivity index (χ2n) is 8.28. The minimum atomic E-state index is 0.588. The third-order valence-electron chi connectivity index (χ3n) is 7.55. The van der Waals surface area contributed by atoms with Gasteiger partial charge >= 0.3 is 0 Å². The smallest absolute Gasteiger partial charge is 0.00853 e. The van der Waals surface area contributed by atoms with E-state index in [2.05, 4.69) is 26.3 Å². The van der Waals surface area contributed by atoms with E-state index in [-0.39, 0.29) is 0 Å². The molecular formula is C19H29. The molecule has 4 aliphatic carbocycles. The number of hydrogen-bond donors (Lipinski definition) is 0. The monoisotopic (exact) mass is 257 g/mol. The van der Waals surface area contributed by atoms with E-state index in [0.717, 1.165) is 17.8 Å². The molecule has 5 atom stereocenters. The predicted molar refractivity (Wildman–Crippen MR) is 80.6 cm³/mol. The van der Waals surface area contributed by atoms with Gasteiger partial charge in [-0.25, -0.2) is 0 Å². The first-order chi connectivity index (χ1) is 9.13. The molecule has 0 saturated heterocycles. The van der Waals surface area contributed by atoms with Gasteiger partial charge in [-0.05, 0) is 92.8 Å². The molecule has 0 spiro atoms. The molecule has 0 amide bonds. The SMILES string of the molecule is C[C@@]12[CH]CC[C@H]1[C@@H]1CCC3=CCCC[C@]3(C)[C@@H]1CC2. The van der Waals surface area contributed by atoms with E-state index in [1.807, 2.05) is 5.57 Å². The summed E-state index contributed by atoms with van der Waals surface area (Å²) in [5.74, 6) is 3.07. The third kappa shape index (κ3) is 1.64. The lowest BCUT2D eigenvalue weighted by Crippen LogP contribution is -2.48. The number of rotatable bonds is 0. The molecule has 0 aromatic heterocycles. The maximum atomic E-state index is 2.68. The zero-order valence-electron chi connectivity index (χ0n) is 12.8. The molecule has 0 N–H and O–H groups in total. The highest BCUT2D eigenvalue weighted by molar-refractivity contribution is 5.24. The largest absolute Gasteiger partial charge is 0.0848 e. The van der Waals surface area contributed by atoms with Gasteiger partial charge in [0.15, 0.2) is 0 Å². The van der Waals surface area contributed by atoms with E-state index in [0.29, 0.717) is 10.8 Å². The van der Waals surface area contributed by atoms with Crippen molar-refractivity contribution in [2.24, 2.45) is 28.6 Å². The minimum Gasteiger partial charge on any atom is -0.0848 e. The van der Waals surface area contributed by atoms with Gasteiger partial charge in [-0.2, -0.15) is 0 Å². The summed E-state index contributed by atoms with van der Waals surface area (Å²) in [6.45, 7) is 5.19. The predicted octanol–water partition coefficient (Wildman–Crippen LogP) is 5.54. The molecule has 0 heterocycles. The standard InChI is InChI=1S/C19H29/c1-18-11-5-7-16(18)15-9-8-14-6-3-4-12-19(14,2)17(15)10-13-18/h6,11,15-17H,3-5,7-10,12-13H2,1-2H3/t15-,16-,17+,18-,19-/m0/s1. The summed E-state index contributed by atoms with van der Waals surface area (Å²) in [4.78, 5) is 0. The third-order valence-corrected chi connectivity index (χ3v) is 7.55. The molecule has 0 bridgehead atoms. The lowest BCUT2D eigenvalue weighted by atomic mass is 9.47. The van der Waals surface area contributed by atoms with Crippen LogP contribution in [0.15, 0.2) is 11.6 Å². The Morgan fingerprint density at radius 1 is 1.00 bits per heavy atom. The van der Waals surface area contributed by atoms with Crippen molar-refractivity contribution < 1.29 is 0 Å². The van der Waals surface area contributed by atoms with Gasteiger partial charge in [-0.3, -0.25) is 0 Å². The first-order valence-corrected chi connectivity index (χ1v) is 8.67. The van der Waals surface area contributed by atoms with E-state index in [4.69, 9.17) is 0 Å². The fourth-order valence-corrected chi connectivity index (χ4v) is 6.49. The van der Waals surface area contributed by atoms with E-state index >= 15 is 0 Å². The molecule has 0 aliphatic heterocycles. The van der Waals surface area contributed by atoms with E-state index in [1.54, 1.807) is 0 Å². The van der Waals surface area contributed by atoms with Crippen LogP contribution in [0.5, 0.6) is 0 Å². The van der Waals surface area contributed by atoms with Crippen LogP contribution in [0.4, 0.5) is 0 Å². The van der Waals surface area contributed by atoms with Gasteiger partial charge < -0.3 is 0 Å². The molecule has 105 valence electrons. The van der Waals surface area contributed by atoms with Gasteiger partial charge in [0.1, 0.15) is 0 Å². The minimum absolute atomic E-state index is 0.588. The average Bonchev–Trinajstić information content (AvgIpc) is 2.79. The molecule has 19 heavy (non-hydrogen) atoms. The molecule has 4 rings (SSSR count). The summed E-state index contributed by atoms with van der Waals surface area (Å²) in [6, 6.07) is 0. The van der Waals surface area contributed by atoms with Crippen LogP contribution in [-0.2, 0) is 0 Å². The van der Waals surface area contributed by atoms with Crippen LogP contribution in [0, 0.1) is 35.0 Å². The van der Waals surface area contributed by atoms with Gasteiger partial charge in [0, 0.05) is 0 Å². The summed E-state index contributed by atoms with van der Waals surface area (Å²) in [7, 11) is 0. The highest BCUT2D eigenvalue weighted by Gasteiger charge is 2.55. The first-order valence-electron chi connectivity index (χ1n) is 8.67. The zero-order valence-corrected chi connectivity index (χ0v) is 12.8. The van der Waals surface area contributed by atoms with Crippen molar-refractivity contribution in [2.75, 3.05) is 0 Å². The summed E-state index contributed by atoms with van der Waals surface area (Å²) in [6.07, 6.45) is 18.4. The van der Waals surface area contributed by atoms with Crippen LogP contribution in [0.3, 0.4) is 0 Å². The fourth-order valence-electron chi connectivity index (χ4n) is 6.49. The molecule has 0 unspecified atom stereocenters. The Morgan fingerprint density at radius 2 is 1.89 bits per heavy atom. The second kappa shape index (κ2) is 4.12. The Hall–Kier alpha value is -0.260. The maximum absolute atomic E-state index is 2.68. The van der Waals surface area contributed by atoms with Crippen LogP contribution in [0.2, 0.25) is 0 Å². The van der Waals surface area contributed by atoms with Gasteiger partial charge in [-0.15, -0.1) is 0 Å². The molecule has 4 aliphatic rings. The normalized spacial score (nSPS) is 52.9. The molecule has 0 nitrogen and oxygen atoms in total. The molecule has 0 aromatic carbocycles. The van der Waals surface area contributed by atoms with E-state index < -0.39 is 0 Å². The molecule has 0 heteroatoms. The Bertz CT molecular complexity index is 406. The van der Waals surface area contributed by atoms with Gasteiger partial charge in [0.25, 0.3) is 0 Å². The fraction of sp³-hybridized carbons (Fsp3) is 0.842. The summed E-state index contributed by atoms with van der Waals surface area (Å²) < 4.78 is 0.